The zero-order valence-corrected chi connectivity index (χ0v) is 14.7. The summed E-state index contributed by atoms with van der Waals surface area (Å²) in [6.45, 7) is 10.1. The van der Waals surface area contributed by atoms with Crippen molar-refractivity contribution < 1.29 is 19.1 Å². The molecular formula is C16H29N3O4. The van der Waals surface area contributed by atoms with Gasteiger partial charge in [0.15, 0.2) is 0 Å². The number of amides is 2. The van der Waals surface area contributed by atoms with E-state index in [-0.39, 0.29) is 18.2 Å². The normalized spacial score (nSPS) is 22.9. The average molecular weight is 327 g/mol. The molecule has 2 saturated heterocycles. The number of carbonyl (C=O) groups excluding carboxylic acids is 2. The van der Waals surface area contributed by atoms with Crippen LogP contribution in [0, 0.1) is 0 Å². The second-order valence-corrected chi connectivity index (χ2v) is 7.29. The highest BCUT2D eigenvalue weighted by Crippen LogP contribution is 2.18. The van der Waals surface area contributed by atoms with Crippen LogP contribution in [-0.2, 0) is 9.47 Å². The summed E-state index contributed by atoms with van der Waals surface area (Å²) in [6.07, 6.45) is 1.54. The van der Waals surface area contributed by atoms with Crippen LogP contribution in [0.2, 0.25) is 0 Å². The van der Waals surface area contributed by atoms with E-state index in [1.165, 1.54) is 0 Å². The molecule has 0 radical (unpaired) electrons. The molecular weight excluding hydrogens is 298 g/mol. The van der Waals surface area contributed by atoms with Crippen LogP contribution in [0.5, 0.6) is 0 Å². The fraction of sp³-hybridized carbons (Fsp3) is 0.875. The highest BCUT2D eigenvalue weighted by atomic mass is 16.6. The molecule has 0 saturated carbocycles. The third-order valence-corrected chi connectivity index (χ3v) is 4.24. The Labute approximate surface area is 138 Å². The first-order valence-corrected chi connectivity index (χ1v) is 8.36. The van der Waals surface area contributed by atoms with Crippen LogP contribution in [0.15, 0.2) is 0 Å². The van der Waals surface area contributed by atoms with E-state index in [0.29, 0.717) is 19.7 Å². The number of cyclic esters (lactones) is 1. The number of nitrogens with zero attached hydrogens (tertiary/aromatic N) is 3. The fourth-order valence-electron chi connectivity index (χ4n) is 2.92. The van der Waals surface area contributed by atoms with Crippen molar-refractivity contribution in [1.29, 1.82) is 0 Å². The standard InChI is InChI=1S/C16H29N3O4/c1-16(2,3)23-14(20)17(4)13-6-5-7-18(12-13)8-9-19-10-11-22-15(19)21/h13H,5-12H2,1-4H3. The van der Waals surface area contributed by atoms with Gasteiger partial charge in [0.05, 0.1) is 6.54 Å². The van der Waals surface area contributed by atoms with E-state index in [4.69, 9.17) is 9.47 Å². The van der Waals surface area contributed by atoms with Crippen molar-refractivity contribution in [3.63, 3.8) is 0 Å². The molecule has 2 rings (SSSR count). The van der Waals surface area contributed by atoms with Gasteiger partial charge in [-0.3, -0.25) is 4.90 Å². The summed E-state index contributed by atoms with van der Waals surface area (Å²) in [6, 6.07) is 0.157. The van der Waals surface area contributed by atoms with Gasteiger partial charge in [0, 0.05) is 32.7 Å². The van der Waals surface area contributed by atoms with Crippen molar-refractivity contribution in [2.45, 2.75) is 45.3 Å². The Bertz CT molecular complexity index is 436. The first-order chi connectivity index (χ1) is 10.8. The van der Waals surface area contributed by atoms with Gasteiger partial charge in [-0.25, -0.2) is 9.59 Å². The number of hydrogen-bond donors (Lipinski definition) is 0. The molecule has 0 N–H and O–H groups in total. The maximum atomic E-state index is 12.2. The highest BCUT2D eigenvalue weighted by Gasteiger charge is 2.30. The Balaban J connectivity index is 1.80. The molecule has 0 aromatic carbocycles. The molecule has 0 aromatic heterocycles. The summed E-state index contributed by atoms with van der Waals surface area (Å²) in [5.74, 6) is 0. The third-order valence-electron chi connectivity index (χ3n) is 4.24. The van der Waals surface area contributed by atoms with Gasteiger partial charge < -0.3 is 19.3 Å². The highest BCUT2D eigenvalue weighted by molar-refractivity contribution is 5.69. The number of likely N-dealkylation sites (N-methyl/N-ethyl adjacent to an activating group) is 1. The monoisotopic (exact) mass is 327 g/mol. The van der Waals surface area contributed by atoms with E-state index in [1.807, 2.05) is 20.8 Å². The molecule has 0 spiro atoms. The largest absolute Gasteiger partial charge is 0.448 e. The molecule has 2 aliphatic heterocycles. The summed E-state index contributed by atoms with van der Waals surface area (Å²) in [4.78, 5) is 29.4. The lowest BCUT2D eigenvalue weighted by Gasteiger charge is -2.38. The molecule has 0 bridgehead atoms. The molecule has 7 heteroatoms. The molecule has 2 amide bonds. The molecule has 7 nitrogen and oxygen atoms in total. The SMILES string of the molecule is CN(C(=O)OC(C)(C)C)C1CCCN(CCN2CCOC2=O)C1. The van der Waals surface area contributed by atoms with E-state index in [9.17, 15) is 9.59 Å². The lowest BCUT2D eigenvalue weighted by Crippen LogP contribution is -2.51. The predicted octanol–water partition coefficient (Wildman–Crippen LogP) is 1.77. The van der Waals surface area contributed by atoms with Crippen LogP contribution in [0.25, 0.3) is 0 Å². The molecule has 1 unspecified atom stereocenters. The van der Waals surface area contributed by atoms with Gasteiger partial charge in [-0.2, -0.15) is 0 Å². The molecule has 1 atom stereocenters. The number of piperidine rings is 1. The van der Waals surface area contributed by atoms with Gasteiger partial charge in [-0.05, 0) is 40.2 Å². The summed E-state index contributed by atoms with van der Waals surface area (Å²) < 4.78 is 10.4. The quantitative estimate of drug-likeness (QED) is 0.787. The Morgan fingerprint density at radius 3 is 2.70 bits per heavy atom. The number of hydrogen-bond acceptors (Lipinski definition) is 5. The summed E-state index contributed by atoms with van der Waals surface area (Å²) in [5, 5.41) is 0. The van der Waals surface area contributed by atoms with Gasteiger partial charge in [0.25, 0.3) is 0 Å². The maximum Gasteiger partial charge on any atom is 0.410 e. The fourth-order valence-corrected chi connectivity index (χ4v) is 2.92. The first kappa shape index (κ1) is 17.8. The summed E-state index contributed by atoms with van der Waals surface area (Å²) in [5.41, 5.74) is -0.476. The van der Waals surface area contributed by atoms with Crippen molar-refractivity contribution >= 4 is 12.2 Å². The zero-order chi connectivity index (χ0) is 17.0. The summed E-state index contributed by atoms with van der Waals surface area (Å²) in [7, 11) is 1.81. The van der Waals surface area contributed by atoms with Gasteiger partial charge >= 0.3 is 12.2 Å². The van der Waals surface area contributed by atoms with Crippen molar-refractivity contribution in [2.24, 2.45) is 0 Å². The molecule has 2 aliphatic rings. The van der Waals surface area contributed by atoms with Crippen LogP contribution in [0.3, 0.4) is 0 Å². The average Bonchev–Trinajstić information content (AvgIpc) is 2.88. The molecule has 2 heterocycles. The van der Waals surface area contributed by atoms with Crippen molar-refractivity contribution in [3.05, 3.63) is 0 Å². The minimum absolute atomic E-state index is 0.157. The van der Waals surface area contributed by atoms with Crippen LogP contribution in [-0.4, -0.2) is 84.9 Å². The molecule has 0 aromatic rings. The number of rotatable bonds is 4. The third kappa shape index (κ3) is 5.27. The minimum Gasteiger partial charge on any atom is -0.448 e. The number of carbonyl (C=O) groups is 2. The van der Waals surface area contributed by atoms with E-state index in [0.717, 1.165) is 32.5 Å². The zero-order valence-electron chi connectivity index (χ0n) is 14.7. The van der Waals surface area contributed by atoms with E-state index >= 15 is 0 Å². The van der Waals surface area contributed by atoms with Crippen molar-refractivity contribution in [3.8, 4) is 0 Å². The first-order valence-electron chi connectivity index (χ1n) is 8.36. The Kier molecular flexibility index (Phi) is 5.73. The smallest absolute Gasteiger partial charge is 0.410 e. The molecule has 23 heavy (non-hydrogen) atoms. The predicted molar refractivity (Wildman–Crippen MR) is 86.4 cm³/mol. The van der Waals surface area contributed by atoms with E-state index in [2.05, 4.69) is 4.90 Å². The van der Waals surface area contributed by atoms with Crippen molar-refractivity contribution in [1.82, 2.24) is 14.7 Å². The van der Waals surface area contributed by atoms with Crippen LogP contribution in [0.1, 0.15) is 33.6 Å². The summed E-state index contributed by atoms with van der Waals surface area (Å²) >= 11 is 0. The molecule has 2 fully saturated rings. The van der Waals surface area contributed by atoms with Gasteiger partial charge in [-0.1, -0.05) is 0 Å². The topological polar surface area (TPSA) is 62.3 Å². The lowest BCUT2D eigenvalue weighted by atomic mass is 10.0. The second-order valence-electron chi connectivity index (χ2n) is 7.29. The second kappa shape index (κ2) is 7.38. The Morgan fingerprint density at radius 1 is 1.35 bits per heavy atom. The maximum absolute atomic E-state index is 12.2. The number of ether oxygens (including phenoxy) is 2. The van der Waals surface area contributed by atoms with Gasteiger partial charge in [0.1, 0.15) is 12.2 Å². The van der Waals surface area contributed by atoms with Crippen LogP contribution >= 0.6 is 0 Å². The lowest BCUT2D eigenvalue weighted by molar-refractivity contribution is 0.0132. The van der Waals surface area contributed by atoms with E-state index < -0.39 is 5.60 Å². The van der Waals surface area contributed by atoms with Crippen molar-refractivity contribution in [2.75, 3.05) is 46.4 Å². The minimum atomic E-state index is -0.476. The Hall–Kier alpha value is -1.50. The van der Waals surface area contributed by atoms with Gasteiger partial charge in [-0.15, -0.1) is 0 Å². The van der Waals surface area contributed by atoms with Gasteiger partial charge in [0.2, 0.25) is 0 Å². The van der Waals surface area contributed by atoms with E-state index in [1.54, 1.807) is 16.8 Å². The Morgan fingerprint density at radius 2 is 2.09 bits per heavy atom. The van der Waals surface area contributed by atoms with Crippen LogP contribution in [0.4, 0.5) is 9.59 Å². The van der Waals surface area contributed by atoms with Crippen LogP contribution < -0.4 is 0 Å². The number of likely N-dealkylation sites (tertiary alicyclic amines) is 1. The molecule has 132 valence electrons. The molecule has 0 aliphatic carbocycles.